The standard InChI is InChI=1S/C29H33BrO6/c1-4-11-21-25(34-16-10-17-35-28-19-24(31)23(30)18-20(28)5-2)14-9-15-26(21)36-27-13-8-7-12-22(27)29(32)33-6-3/h7-9,12-15,18-19,31H,4-6,10-11,16-17H2,1-3H3. The summed E-state index contributed by atoms with van der Waals surface area (Å²) < 4.78 is 24.1. The molecule has 0 saturated heterocycles. The molecule has 7 heteroatoms. The fourth-order valence-corrected chi connectivity index (χ4v) is 4.13. The second-order valence-corrected chi connectivity index (χ2v) is 8.97. The molecule has 0 aromatic heterocycles. The zero-order valence-corrected chi connectivity index (χ0v) is 22.6. The molecule has 192 valence electrons. The molecule has 6 nitrogen and oxygen atoms in total. The fourth-order valence-electron chi connectivity index (χ4n) is 3.74. The number of phenols is 1. The second kappa shape index (κ2) is 13.8. The topological polar surface area (TPSA) is 74.2 Å². The first kappa shape index (κ1) is 27.4. The minimum atomic E-state index is -0.414. The van der Waals surface area contributed by atoms with E-state index in [-0.39, 0.29) is 5.75 Å². The van der Waals surface area contributed by atoms with Crippen LogP contribution in [-0.4, -0.2) is 30.9 Å². The largest absolute Gasteiger partial charge is 0.507 e. The summed E-state index contributed by atoms with van der Waals surface area (Å²) in [5.41, 5.74) is 2.36. The van der Waals surface area contributed by atoms with Crippen LogP contribution in [0.4, 0.5) is 0 Å². The lowest BCUT2D eigenvalue weighted by molar-refractivity contribution is 0.0523. The molecule has 0 bridgehead atoms. The molecule has 3 rings (SSSR count). The highest BCUT2D eigenvalue weighted by Gasteiger charge is 2.17. The third-order valence-electron chi connectivity index (χ3n) is 5.51. The lowest BCUT2D eigenvalue weighted by Gasteiger charge is -2.17. The molecule has 36 heavy (non-hydrogen) atoms. The van der Waals surface area contributed by atoms with Crippen molar-refractivity contribution >= 4 is 21.9 Å². The zero-order chi connectivity index (χ0) is 25.9. The molecule has 0 heterocycles. The van der Waals surface area contributed by atoms with Crippen molar-refractivity contribution in [2.45, 2.75) is 46.5 Å². The molecule has 0 amide bonds. The van der Waals surface area contributed by atoms with Crippen LogP contribution in [0.15, 0.2) is 59.1 Å². The number of rotatable bonds is 13. The molecule has 1 N–H and O–H groups in total. The summed E-state index contributed by atoms with van der Waals surface area (Å²) in [6.45, 7) is 7.13. The predicted molar refractivity (Wildman–Crippen MR) is 144 cm³/mol. The van der Waals surface area contributed by atoms with Crippen LogP contribution in [0.2, 0.25) is 0 Å². The Morgan fingerprint density at radius 2 is 1.58 bits per heavy atom. The van der Waals surface area contributed by atoms with Gasteiger partial charge in [-0.1, -0.05) is 38.5 Å². The van der Waals surface area contributed by atoms with E-state index in [0.29, 0.717) is 53.5 Å². The van der Waals surface area contributed by atoms with Crippen molar-refractivity contribution in [3.05, 3.63) is 75.8 Å². The molecular weight excluding hydrogens is 524 g/mol. The van der Waals surface area contributed by atoms with Crippen molar-refractivity contribution in [2.75, 3.05) is 19.8 Å². The van der Waals surface area contributed by atoms with Gasteiger partial charge < -0.3 is 24.1 Å². The fraction of sp³-hybridized carbons (Fsp3) is 0.345. The number of hydrogen-bond donors (Lipinski definition) is 1. The number of halogens is 1. The van der Waals surface area contributed by atoms with E-state index in [0.717, 1.165) is 36.1 Å². The minimum absolute atomic E-state index is 0.156. The maximum Gasteiger partial charge on any atom is 0.341 e. The Hall–Kier alpha value is -3.19. The van der Waals surface area contributed by atoms with Gasteiger partial charge in [-0.05, 0) is 71.6 Å². The van der Waals surface area contributed by atoms with E-state index in [2.05, 4.69) is 22.9 Å². The maximum atomic E-state index is 12.4. The van der Waals surface area contributed by atoms with Crippen molar-refractivity contribution in [3.8, 4) is 28.7 Å². The third kappa shape index (κ3) is 7.17. The summed E-state index contributed by atoms with van der Waals surface area (Å²) >= 11 is 3.35. The monoisotopic (exact) mass is 556 g/mol. The Morgan fingerprint density at radius 1 is 0.889 bits per heavy atom. The number of phenolic OH excluding ortho intramolecular Hbond substituents is 1. The smallest absolute Gasteiger partial charge is 0.341 e. The van der Waals surface area contributed by atoms with E-state index in [9.17, 15) is 9.90 Å². The molecular formula is C29H33BrO6. The lowest BCUT2D eigenvalue weighted by Crippen LogP contribution is -2.08. The van der Waals surface area contributed by atoms with Gasteiger partial charge >= 0.3 is 5.97 Å². The van der Waals surface area contributed by atoms with Gasteiger partial charge in [0, 0.05) is 18.1 Å². The Morgan fingerprint density at radius 3 is 2.31 bits per heavy atom. The van der Waals surface area contributed by atoms with Crippen LogP contribution in [0.1, 0.15) is 55.1 Å². The molecule has 0 aliphatic carbocycles. The van der Waals surface area contributed by atoms with Crippen LogP contribution >= 0.6 is 15.9 Å². The summed E-state index contributed by atoms with van der Waals surface area (Å²) in [7, 11) is 0. The average Bonchev–Trinajstić information content (AvgIpc) is 2.87. The Kier molecular flexibility index (Phi) is 10.5. The van der Waals surface area contributed by atoms with Crippen molar-refractivity contribution in [3.63, 3.8) is 0 Å². The number of carbonyl (C=O) groups is 1. The van der Waals surface area contributed by atoms with Gasteiger partial charge in [-0.25, -0.2) is 4.79 Å². The molecule has 0 saturated carbocycles. The summed E-state index contributed by atoms with van der Waals surface area (Å²) in [5.74, 6) is 2.27. The van der Waals surface area contributed by atoms with Gasteiger partial charge in [-0.2, -0.15) is 0 Å². The van der Waals surface area contributed by atoms with Crippen LogP contribution in [0.3, 0.4) is 0 Å². The highest BCUT2D eigenvalue weighted by molar-refractivity contribution is 9.10. The van der Waals surface area contributed by atoms with Gasteiger partial charge in [0.25, 0.3) is 0 Å². The second-order valence-electron chi connectivity index (χ2n) is 8.12. The van der Waals surface area contributed by atoms with E-state index in [4.69, 9.17) is 18.9 Å². The molecule has 0 spiro atoms. The molecule has 0 aliphatic heterocycles. The Balaban J connectivity index is 1.67. The van der Waals surface area contributed by atoms with E-state index < -0.39 is 5.97 Å². The lowest BCUT2D eigenvalue weighted by atomic mass is 10.1. The summed E-state index contributed by atoms with van der Waals surface area (Å²) in [6, 6.07) is 16.3. The normalized spacial score (nSPS) is 10.7. The molecule has 0 fully saturated rings. The van der Waals surface area contributed by atoms with Gasteiger partial charge in [0.05, 0.1) is 24.3 Å². The van der Waals surface area contributed by atoms with E-state index >= 15 is 0 Å². The van der Waals surface area contributed by atoms with Crippen molar-refractivity contribution in [1.29, 1.82) is 0 Å². The molecule has 0 aliphatic rings. The Labute approximate surface area is 221 Å². The molecule has 3 aromatic carbocycles. The SMILES string of the molecule is CCCc1c(OCCCOc2cc(O)c(Br)cc2CC)cccc1Oc1ccccc1C(=O)OCC. The number of benzene rings is 3. The van der Waals surface area contributed by atoms with E-state index in [1.165, 1.54) is 0 Å². The quantitative estimate of drug-likeness (QED) is 0.173. The van der Waals surface area contributed by atoms with Gasteiger partial charge in [0.1, 0.15) is 34.3 Å². The number of carbonyl (C=O) groups excluding carboxylic acids is 1. The van der Waals surface area contributed by atoms with E-state index in [1.807, 2.05) is 37.3 Å². The summed E-state index contributed by atoms with van der Waals surface area (Å²) in [5, 5.41) is 9.97. The van der Waals surface area contributed by atoms with Gasteiger partial charge in [-0.3, -0.25) is 0 Å². The van der Waals surface area contributed by atoms with Gasteiger partial charge in [-0.15, -0.1) is 0 Å². The van der Waals surface area contributed by atoms with Crippen LogP contribution < -0.4 is 14.2 Å². The molecule has 0 atom stereocenters. The number of aromatic hydroxyl groups is 1. The Bertz CT molecular complexity index is 1160. The number of hydrogen-bond acceptors (Lipinski definition) is 6. The third-order valence-corrected chi connectivity index (χ3v) is 6.14. The van der Waals surface area contributed by atoms with Crippen LogP contribution in [-0.2, 0) is 17.6 Å². The molecule has 0 unspecified atom stereocenters. The summed E-state index contributed by atoms with van der Waals surface area (Å²) in [6.07, 6.45) is 3.15. The van der Waals surface area contributed by atoms with Crippen LogP contribution in [0.25, 0.3) is 0 Å². The highest BCUT2D eigenvalue weighted by Crippen LogP contribution is 2.35. The van der Waals surface area contributed by atoms with Crippen molar-refractivity contribution in [2.24, 2.45) is 0 Å². The first-order chi connectivity index (χ1) is 17.5. The maximum absolute atomic E-state index is 12.4. The highest BCUT2D eigenvalue weighted by atomic mass is 79.9. The number of para-hydroxylation sites is 1. The van der Waals surface area contributed by atoms with Gasteiger partial charge in [0.2, 0.25) is 0 Å². The first-order valence-corrected chi connectivity index (χ1v) is 13.1. The first-order valence-electron chi connectivity index (χ1n) is 12.3. The van der Waals surface area contributed by atoms with Crippen LogP contribution in [0.5, 0.6) is 28.7 Å². The van der Waals surface area contributed by atoms with Crippen molar-refractivity contribution in [1.82, 2.24) is 0 Å². The molecule has 3 aromatic rings. The number of aryl methyl sites for hydroxylation is 1. The minimum Gasteiger partial charge on any atom is -0.507 e. The molecule has 0 radical (unpaired) electrons. The van der Waals surface area contributed by atoms with Gasteiger partial charge in [0.15, 0.2) is 0 Å². The van der Waals surface area contributed by atoms with E-state index in [1.54, 1.807) is 31.2 Å². The zero-order valence-electron chi connectivity index (χ0n) is 21.0. The predicted octanol–water partition coefficient (Wildman–Crippen LogP) is 7.49. The number of esters is 1. The van der Waals surface area contributed by atoms with Crippen LogP contribution in [0, 0.1) is 0 Å². The average molecular weight is 557 g/mol. The number of ether oxygens (including phenoxy) is 4. The summed E-state index contributed by atoms with van der Waals surface area (Å²) in [4.78, 5) is 12.4. The van der Waals surface area contributed by atoms with Crippen molar-refractivity contribution < 1.29 is 28.8 Å².